The van der Waals surface area contributed by atoms with Gasteiger partial charge in [-0.15, -0.1) is 0 Å². The third-order valence-corrected chi connectivity index (χ3v) is 9.42. The molecule has 33 heavy (non-hydrogen) atoms. The van der Waals surface area contributed by atoms with E-state index in [0.29, 0.717) is 18.7 Å². The summed E-state index contributed by atoms with van der Waals surface area (Å²) in [5, 5.41) is 2.76. The first-order chi connectivity index (χ1) is 15.5. The van der Waals surface area contributed by atoms with Gasteiger partial charge in [-0.2, -0.15) is 4.31 Å². The van der Waals surface area contributed by atoms with Crippen LogP contribution in [0.3, 0.4) is 0 Å². The Morgan fingerprint density at radius 2 is 1.76 bits per heavy atom. The fraction of sp³-hybridized carbons (Fsp3) is 0.348. The van der Waals surface area contributed by atoms with Crippen LogP contribution in [0.25, 0.3) is 6.08 Å². The summed E-state index contributed by atoms with van der Waals surface area (Å²) in [4.78, 5) is 12.4. The van der Waals surface area contributed by atoms with E-state index in [4.69, 9.17) is 0 Å². The molecule has 1 aliphatic heterocycles. The van der Waals surface area contributed by atoms with E-state index in [0.717, 1.165) is 11.1 Å². The molecule has 1 heterocycles. The maximum Gasteiger partial charge on any atom is 0.244 e. The van der Waals surface area contributed by atoms with E-state index < -0.39 is 20.0 Å². The van der Waals surface area contributed by atoms with Crippen LogP contribution in [0.4, 0.5) is 5.69 Å². The minimum Gasteiger partial charge on any atom is -0.348 e. The number of rotatable bonds is 8. The second-order valence-corrected chi connectivity index (χ2v) is 12.2. The molecule has 8 nitrogen and oxygen atoms in total. The lowest BCUT2D eigenvalue weighted by Crippen LogP contribution is -2.33. The number of nitrogens with zero attached hydrogens (tertiary/aromatic N) is 2. The maximum absolute atomic E-state index is 12.5. The van der Waals surface area contributed by atoms with Gasteiger partial charge in [0.25, 0.3) is 0 Å². The first kappa shape index (κ1) is 24.9. The number of hydrogen-bond acceptors (Lipinski definition) is 5. The largest absolute Gasteiger partial charge is 0.348 e. The summed E-state index contributed by atoms with van der Waals surface area (Å²) >= 11 is 0. The summed E-state index contributed by atoms with van der Waals surface area (Å²) in [6.45, 7) is 4.36. The number of sulfonamides is 2. The van der Waals surface area contributed by atoms with E-state index >= 15 is 0 Å². The van der Waals surface area contributed by atoms with E-state index in [-0.39, 0.29) is 29.1 Å². The molecule has 0 atom stereocenters. The van der Waals surface area contributed by atoms with Gasteiger partial charge in [-0.05, 0) is 61.7 Å². The van der Waals surface area contributed by atoms with Crippen molar-refractivity contribution in [2.45, 2.75) is 37.8 Å². The van der Waals surface area contributed by atoms with Gasteiger partial charge in [-0.25, -0.2) is 16.8 Å². The number of hydrogen-bond donors (Lipinski definition) is 1. The maximum atomic E-state index is 12.5. The van der Waals surface area contributed by atoms with Crippen LogP contribution in [-0.4, -0.2) is 52.4 Å². The van der Waals surface area contributed by atoms with Crippen molar-refractivity contribution in [2.75, 3.05) is 23.7 Å². The first-order valence-corrected chi connectivity index (χ1v) is 13.7. The fourth-order valence-electron chi connectivity index (χ4n) is 3.32. The third-order valence-electron chi connectivity index (χ3n) is 5.50. The molecule has 1 amide bonds. The van der Waals surface area contributed by atoms with Gasteiger partial charge in [-0.1, -0.05) is 24.3 Å². The van der Waals surface area contributed by atoms with Crippen molar-refractivity contribution in [3.8, 4) is 0 Å². The van der Waals surface area contributed by atoms with E-state index in [9.17, 15) is 21.6 Å². The lowest BCUT2D eigenvalue weighted by Gasteiger charge is -2.21. The van der Waals surface area contributed by atoms with E-state index in [1.54, 1.807) is 63.4 Å². The summed E-state index contributed by atoms with van der Waals surface area (Å²) < 4.78 is 51.7. The Morgan fingerprint density at radius 1 is 1.12 bits per heavy atom. The highest BCUT2D eigenvalue weighted by Gasteiger charge is 2.28. The Labute approximate surface area is 196 Å². The summed E-state index contributed by atoms with van der Waals surface area (Å²) in [5.74, 6) is -0.125. The molecule has 2 aromatic carbocycles. The first-order valence-electron chi connectivity index (χ1n) is 10.6. The number of nitrogens with one attached hydrogen (secondary N) is 1. The predicted octanol–water partition coefficient (Wildman–Crippen LogP) is 2.59. The SMILES string of the molecule is CC(C)N(C)S(=O)(=O)c1ccc(CNC(=O)/C=C/c2ccc(N3CCCS3(=O)=O)cc2)cc1. The molecule has 10 heteroatoms. The molecule has 1 saturated heterocycles. The van der Waals surface area contributed by atoms with Gasteiger partial charge in [0.2, 0.25) is 26.0 Å². The smallest absolute Gasteiger partial charge is 0.244 e. The average Bonchev–Trinajstić information content (AvgIpc) is 3.15. The van der Waals surface area contributed by atoms with Gasteiger partial charge >= 0.3 is 0 Å². The Morgan fingerprint density at radius 3 is 2.30 bits per heavy atom. The van der Waals surface area contributed by atoms with Crippen molar-refractivity contribution < 1.29 is 21.6 Å². The molecule has 0 aliphatic carbocycles. The van der Waals surface area contributed by atoms with Gasteiger partial charge < -0.3 is 5.32 Å². The van der Waals surface area contributed by atoms with Crippen molar-refractivity contribution in [2.24, 2.45) is 0 Å². The van der Waals surface area contributed by atoms with Crippen LogP contribution >= 0.6 is 0 Å². The van der Waals surface area contributed by atoms with Gasteiger partial charge in [0.05, 0.1) is 16.3 Å². The summed E-state index contributed by atoms with van der Waals surface area (Å²) in [6.07, 6.45) is 3.67. The average molecular weight is 492 g/mol. The molecule has 0 unspecified atom stereocenters. The highest BCUT2D eigenvalue weighted by atomic mass is 32.2. The fourth-order valence-corrected chi connectivity index (χ4v) is 6.26. The van der Waals surface area contributed by atoms with Crippen molar-refractivity contribution >= 4 is 37.7 Å². The zero-order valence-electron chi connectivity index (χ0n) is 18.9. The molecule has 0 spiro atoms. The standard InChI is InChI=1S/C23H29N3O5S2/c1-18(2)25(3)33(30,31)22-12-7-20(8-13-22)17-24-23(27)14-9-19-5-10-21(11-6-19)26-15-4-16-32(26,28)29/h5-14,18H,4,15-17H2,1-3H3,(H,24,27)/b14-9+. The van der Waals surface area contributed by atoms with Gasteiger partial charge in [0.15, 0.2) is 0 Å². The van der Waals surface area contributed by atoms with Crippen molar-refractivity contribution in [3.63, 3.8) is 0 Å². The van der Waals surface area contributed by atoms with Crippen LogP contribution in [0.2, 0.25) is 0 Å². The number of carbonyl (C=O) groups is 1. The Hall–Kier alpha value is -2.69. The second-order valence-electron chi connectivity index (χ2n) is 8.14. The summed E-state index contributed by atoms with van der Waals surface area (Å²) in [6, 6.07) is 13.3. The Balaban J connectivity index is 1.55. The van der Waals surface area contributed by atoms with Crippen LogP contribution in [0, 0.1) is 0 Å². The molecular weight excluding hydrogens is 462 g/mol. The molecule has 1 N–H and O–H groups in total. The van der Waals surface area contributed by atoms with Crippen LogP contribution in [0.15, 0.2) is 59.5 Å². The van der Waals surface area contributed by atoms with Gasteiger partial charge in [-0.3, -0.25) is 9.10 Å². The van der Waals surface area contributed by atoms with Crippen molar-refractivity contribution in [1.29, 1.82) is 0 Å². The van der Waals surface area contributed by atoms with Crippen molar-refractivity contribution in [3.05, 3.63) is 65.7 Å². The normalized spacial score (nSPS) is 16.1. The minimum atomic E-state index is -3.54. The second kappa shape index (κ2) is 10.1. The lowest BCUT2D eigenvalue weighted by molar-refractivity contribution is -0.116. The number of carbonyl (C=O) groups excluding carboxylic acids is 1. The van der Waals surface area contributed by atoms with Crippen LogP contribution < -0.4 is 9.62 Å². The van der Waals surface area contributed by atoms with Crippen molar-refractivity contribution in [1.82, 2.24) is 9.62 Å². The molecule has 0 bridgehead atoms. The molecule has 0 aromatic heterocycles. The highest BCUT2D eigenvalue weighted by Crippen LogP contribution is 2.24. The molecule has 3 rings (SSSR count). The van der Waals surface area contributed by atoms with Crippen LogP contribution in [0.5, 0.6) is 0 Å². The number of amides is 1. The molecule has 1 fully saturated rings. The van der Waals surface area contributed by atoms with E-state index in [1.165, 1.54) is 26.8 Å². The third kappa shape index (κ3) is 6.01. The zero-order chi connectivity index (χ0) is 24.2. The van der Waals surface area contributed by atoms with Crippen LogP contribution in [-0.2, 0) is 31.4 Å². The summed E-state index contributed by atoms with van der Waals surface area (Å²) in [7, 11) is -5.21. The lowest BCUT2D eigenvalue weighted by atomic mass is 10.2. The van der Waals surface area contributed by atoms with E-state index in [2.05, 4.69) is 5.32 Å². The zero-order valence-corrected chi connectivity index (χ0v) is 20.6. The van der Waals surface area contributed by atoms with Crippen LogP contribution in [0.1, 0.15) is 31.4 Å². The molecule has 1 aliphatic rings. The monoisotopic (exact) mass is 491 g/mol. The topological polar surface area (TPSA) is 104 Å². The molecule has 2 aromatic rings. The molecule has 0 radical (unpaired) electrons. The van der Waals surface area contributed by atoms with Gasteiger partial charge in [0.1, 0.15) is 0 Å². The molecule has 0 saturated carbocycles. The summed E-state index contributed by atoms with van der Waals surface area (Å²) in [5.41, 5.74) is 2.17. The Bertz CT molecular complexity index is 1220. The molecule has 178 valence electrons. The minimum absolute atomic E-state index is 0.148. The quantitative estimate of drug-likeness (QED) is 0.572. The van der Waals surface area contributed by atoms with Gasteiger partial charge in [0, 0.05) is 32.3 Å². The number of anilines is 1. The van der Waals surface area contributed by atoms with E-state index in [1.807, 2.05) is 0 Å². The predicted molar refractivity (Wildman–Crippen MR) is 130 cm³/mol. The highest BCUT2D eigenvalue weighted by molar-refractivity contribution is 7.93. The Kier molecular flexibility index (Phi) is 7.61. The molecular formula is C23H29N3O5S2. The number of benzene rings is 2.